The first kappa shape index (κ1) is 13.1. The average Bonchev–Trinajstić information content (AvgIpc) is 2.37. The minimum absolute atomic E-state index is 0.0834. The van der Waals surface area contributed by atoms with Gasteiger partial charge in [-0.3, -0.25) is 4.79 Å². The van der Waals surface area contributed by atoms with Gasteiger partial charge in [0.25, 0.3) is 0 Å². The van der Waals surface area contributed by atoms with Crippen LogP contribution >= 0.6 is 0 Å². The molecule has 1 unspecified atom stereocenters. The van der Waals surface area contributed by atoms with Gasteiger partial charge >= 0.3 is 0 Å². The Bertz CT molecular complexity index is 474. The lowest BCUT2D eigenvalue weighted by atomic mass is 9.85. The van der Waals surface area contributed by atoms with Crippen molar-refractivity contribution in [1.82, 2.24) is 5.32 Å². The molecule has 1 fully saturated rings. The smallest absolute Gasteiger partial charge is 0.167 e. The minimum Gasteiger partial charge on any atom is -0.508 e. The van der Waals surface area contributed by atoms with Gasteiger partial charge in [0.05, 0.1) is 0 Å². The van der Waals surface area contributed by atoms with E-state index in [1.807, 2.05) is 20.8 Å². The van der Waals surface area contributed by atoms with E-state index in [9.17, 15) is 9.90 Å². The maximum atomic E-state index is 12.6. The van der Waals surface area contributed by atoms with Crippen LogP contribution in [0.4, 0.5) is 0 Å². The summed E-state index contributed by atoms with van der Waals surface area (Å²) in [5.74, 6) is 0.587. The number of hydrogen-bond acceptors (Lipinski definition) is 3. The Morgan fingerprint density at radius 3 is 2.67 bits per heavy atom. The number of phenols is 1. The topological polar surface area (TPSA) is 49.3 Å². The second kappa shape index (κ2) is 5.11. The second-order valence-electron chi connectivity index (χ2n) is 5.25. The third-order valence-corrected chi connectivity index (χ3v) is 3.98. The number of carbonyl (C=O) groups excluding carboxylic acids is 1. The molecule has 1 atom stereocenters. The van der Waals surface area contributed by atoms with Crippen molar-refractivity contribution in [3.8, 4) is 5.75 Å². The van der Waals surface area contributed by atoms with Crippen LogP contribution in [0.3, 0.4) is 0 Å². The molecule has 0 spiro atoms. The molecule has 0 aromatic heterocycles. The summed E-state index contributed by atoms with van der Waals surface area (Å²) in [5, 5.41) is 13.1. The molecule has 3 nitrogen and oxygen atoms in total. The molecule has 3 heteroatoms. The normalized spacial score (nSPS) is 19.8. The van der Waals surface area contributed by atoms with Gasteiger partial charge in [-0.1, -0.05) is 0 Å². The summed E-state index contributed by atoms with van der Waals surface area (Å²) < 4.78 is 0. The van der Waals surface area contributed by atoms with Crippen molar-refractivity contribution in [2.75, 3.05) is 13.1 Å². The molecule has 1 aromatic carbocycles. The summed E-state index contributed by atoms with van der Waals surface area (Å²) in [6.45, 7) is 7.47. The monoisotopic (exact) mass is 247 g/mol. The number of piperidine rings is 1. The largest absolute Gasteiger partial charge is 0.508 e. The van der Waals surface area contributed by atoms with Gasteiger partial charge in [-0.25, -0.2) is 0 Å². The number of hydrogen-bond donors (Lipinski definition) is 2. The standard InChI is InChI=1S/C15H21NO2/c1-9-7-13(17)10(2)11(3)14(9)15(18)12-5-4-6-16-8-12/h7,12,16-17H,4-6,8H2,1-3H3. The van der Waals surface area contributed by atoms with Gasteiger partial charge in [-0.05, 0) is 62.9 Å². The van der Waals surface area contributed by atoms with Crippen LogP contribution in [-0.2, 0) is 0 Å². The van der Waals surface area contributed by atoms with E-state index in [0.29, 0.717) is 0 Å². The molecule has 1 aliphatic heterocycles. The number of benzene rings is 1. The van der Waals surface area contributed by atoms with Crippen molar-refractivity contribution in [3.05, 3.63) is 28.3 Å². The molecule has 0 radical (unpaired) electrons. The van der Waals surface area contributed by atoms with Gasteiger partial charge < -0.3 is 10.4 Å². The first-order chi connectivity index (χ1) is 8.52. The van der Waals surface area contributed by atoms with Gasteiger partial charge in [-0.15, -0.1) is 0 Å². The molecule has 0 aliphatic carbocycles. The van der Waals surface area contributed by atoms with Gasteiger partial charge in [0.2, 0.25) is 0 Å². The number of rotatable bonds is 2. The molecule has 2 rings (SSSR count). The molecular formula is C15H21NO2. The van der Waals surface area contributed by atoms with Crippen LogP contribution in [0.2, 0.25) is 0 Å². The molecule has 18 heavy (non-hydrogen) atoms. The second-order valence-corrected chi connectivity index (χ2v) is 5.25. The third kappa shape index (κ3) is 2.27. The van der Waals surface area contributed by atoms with E-state index < -0.39 is 0 Å². The van der Waals surface area contributed by atoms with Crippen LogP contribution in [0.25, 0.3) is 0 Å². The number of Topliss-reactive ketones (excluding diaryl/α,β-unsaturated/α-hetero) is 1. The maximum Gasteiger partial charge on any atom is 0.167 e. The van der Waals surface area contributed by atoms with E-state index in [4.69, 9.17) is 0 Å². The van der Waals surface area contributed by atoms with Crippen molar-refractivity contribution >= 4 is 5.78 Å². The van der Waals surface area contributed by atoms with E-state index >= 15 is 0 Å². The van der Waals surface area contributed by atoms with E-state index in [1.54, 1.807) is 6.07 Å². The molecule has 1 aromatic rings. The van der Waals surface area contributed by atoms with E-state index in [2.05, 4.69) is 5.32 Å². The molecule has 98 valence electrons. The molecular weight excluding hydrogens is 226 g/mol. The van der Waals surface area contributed by atoms with Crippen molar-refractivity contribution in [3.63, 3.8) is 0 Å². The van der Waals surface area contributed by atoms with Gasteiger partial charge in [0.15, 0.2) is 5.78 Å². The van der Waals surface area contributed by atoms with Crippen LogP contribution in [0, 0.1) is 26.7 Å². The molecule has 0 saturated carbocycles. The fourth-order valence-electron chi connectivity index (χ4n) is 2.72. The maximum absolute atomic E-state index is 12.6. The summed E-state index contributed by atoms with van der Waals surface area (Å²) in [6.07, 6.45) is 2.02. The lowest BCUT2D eigenvalue weighted by molar-refractivity contribution is 0.0898. The Kier molecular flexibility index (Phi) is 3.71. The highest BCUT2D eigenvalue weighted by molar-refractivity contribution is 6.01. The predicted octanol–water partition coefficient (Wildman–Crippen LogP) is 2.50. The minimum atomic E-state index is 0.0834. The third-order valence-electron chi connectivity index (χ3n) is 3.98. The van der Waals surface area contributed by atoms with Crippen LogP contribution in [-0.4, -0.2) is 24.0 Å². The van der Waals surface area contributed by atoms with Crippen molar-refractivity contribution in [2.24, 2.45) is 5.92 Å². The number of phenolic OH excluding ortho intramolecular Hbond substituents is 1. The molecule has 0 bridgehead atoms. The van der Waals surface area contributed by atoms with Crippen molar-refractivity contribution in [2.45, 2.75) is 33.6 Å². The van der Waals surface area contributed by atoms with Crippen molar-refractivity contribution < 1.29 is 9.90 Å². The number of aryl methyl sites for hydroxylation is 1. The zero-order chi connectivity index (χ0) is 13.3. The molecule has 0 amide bonds. The number of nitrogens with one attached hydrogen (secondary N) is 1. The van der Waals surface area contributed by atoms with Gasteiger partial charge in [0, 0.05) is 18.0 Å². The Balaban J connectivity index is 2.38. The molecule has 1 saturated heterocycles. The van der Waals surface area contributed by atoms with Gasteiger partial charge in [0.1, 0.15) is 5.75 Å². The molecule has 1 aliphatic rings. The Hall–Kier alpha value is -1.35. The van der Waals surface area contributed by atoms with Crippen LogP contribution in [0.1, 0.15) is 39.9 Å². The summed E-state index contributed by atoms with van der Waals surface area (Å²) >= 11 is 0. The highest BCUT2D eigenvalue weighted by atomic mass is 16.3. The zero-order valence-corrected chi connectivity index (χ0v) is 11.3. The molecule has 1 heterocycles. The van der Waals surface area contributed by atoms with E-state index in [-0.39, 0.29) is 17.5 Å². The summed E-state index contributed by atoms with van der Waals surface area (Å²) in [7, 11) is 0. The highest BCUT2D eigenvalue weighted by Gasteiger charge is 2.25. The van der Waals surface area contributed by atoms with Crippen LogP contribution in [0.15, 0.2) is 6.07 Å². The Labute approximate surface area is 108 Å². The summed E-state index contributed by atoms with van der Waals surface area (Å²) in [4.78, 5) is 12.6. The van der Waals surface area contributed by atoms with Gasteiger partial charge in [-0.2, -0.15) is 0 Å². The first-order valence-corrected chi connectivity index (χ1v) is 6.57. The van der Waals surface area contributed by atoms with E-state index in [0.717, 1.165) is 48.2 Å². The Morgan fingerprint density at radius 1 is 1.33 bits per heavy atom. The molecule has 2 N–H and O–H groups in total. The number of aromatic hydroxyl groups is 1. The predicted molar refractivity (Wildman–Crippen MR) is 72.2 cm³/mol. The van der Waals surface area contributed by atoms with Crippen LogP contribution in [0.5, 0.6) is 5.75 Å². The van der Waals surface area contributed by atoms with Crippen molar-refractivity contribution in [1.29, 1.82) is 0 Å². The summed E-state index contributed by atoms with van der Waals surface area (Å²) in [5.41, 5.74) is 3.42. The quantitative estimate of drug-likeness (QED) is 0.789. The SMILES string of the molecule is Cc1cc(O)c(C)c(C)c1C(=O)C1CCCNC1. The van der Waals surface area contributed by atoms with E-state index in [1.165, 1.54) is 0 Å². The number of ketones is 1. The number of carbonyl (C=O) groups is 1. The first-order valence-electron chi connectivity index (χ1n) is 6.57. The van der Waals surface area contributed by atoms with Crippen LogP contribution < -0.4 is 5.32 Å². The highest BCUT2D eigenvalue weighted by Crippen LogP contribution is 2.29. The Morgan fingerprint density at radius 2 is 2.06 bits per heavy atom. The fourth-order valence-corrected chi connectivity index (χ4v) is 2.72. The lowest BCUT2D eigenvalue weighted by Gasteiger charge is -2.23. The summed E-state index contributed by atoms with van der Waals surface area (Å²) in [6, 6.07) is 1.70. The fraction of sp³-hybridized carbons (Fsp3) is 0.533. The average molecular weight is 247 g/mol. The lowest BCUT2D eigenvalue weighted by Crippen LogP contribution is -2.35. The zero-order valence-electron chi connectivity index (χ0n) is 11.3.